The molecule has 1 aliphatic heterocycles. The maximum Gasteiger partial charge on any atom is 0.333 e. The summed E-state index contributed by atoms with van der Waals surface area (Å²) in [6, 6.07) is 3.24. The molecule has 0 bridgehead atoms. The summed E-state index contributed by atoms with van der Waals surface area (Å²) in [6.07, 6.45) is 0.733. The van der Waals surface area contributed by atoms with Crippen molar-refractivity contribution in [2.45, 2.75) is 59.8 Å². The van der Waals surface area contributed by atoms with Gasteiger partial charge in [-0.05, 0) is 24.8 Å². The number of hydroxylamine groups is 2. The zero-order valence-corrected chi connectivity index (χ0v) is 18.1. The first-order valence-electron chi connectivity index (χ1n) is 9.92. The van der Waals surface area contributed by atoms with E-state index >= 15 is 0 Å². The first-order valence-corrected chi connectivity index (χ1v) is 9.92. The predicted molar refractivity (Wildman–Crippen MR) is 108 cm³/mol. The molecule has 1 N–H and O–H groups in total. The lowest BCUT2D eigenvalue weighted by Gasteiger charge is -2.15. The molecule has 31 heavy (non-hydrogen) atoms. The second-order valence-corrected chi connectivity index (χ2v) is 8.22. The molecule has 1 saturated heterocycles. The molecule has 0 atom stereocenters. The number of carbonyl (C=O) groups excluding carboxylic acids is 4. The third-order valence-electron chi connectivity index (χ3n) is 4.02. The Balaban J connectivity index is 1.72. The van der Waals surface area contributed by atoms with Crippen LogP contribution in [0.1, 0.15) is 65.5 Å². The van der Waals surface area contributed by atoms with Crippen molar-refractivity contribution in [2.75, 3.05) is 6.61 Å². The predicted octanol–water partition coefficient (Wildman–Crippen LogP) is 1.52. The summed E-state index contributed by atoms with van der Waals surface area (Å²) in [4.78, 5) is 51.1. The topological polar surface area (TPSA) is 140 Å². The number of nitrogens with one attached hydrogen (secondary N) is 1. The first kappa shape index (κ1) is 23.9. The van der Waals surface area contributed by atoms with Crippen LogP contribution in [0, 0.1) is 5.41 Å². The molecule has 1 fully saturated rings. The Morgan fingerprint density at radius 2 is 1.84 bits per heavy atom. The van der Waals surface area contributed by atoms with Crippen molar-refractivity contribution in [1.82, 2.24) is 20.7 Å². The molecule has 0 saturated carbocycles. The van der Waals surface area contributed by atoms with Gasteiger partial charge in [-0.25, -0.2) is 10.2 Å². The Kier molecular flexibility index (Phi) is 8.17. The zero-order valence-electron chi connectivity index (χ0n) is 18.1. The SMILES string of the molecule is C/C(=N/NC(=O)CC(C)(C)C)c1ccc(OCCCC(=O)ON2C(=O)CCC2=O)nn1. The minimum atomic E-state index is -0.686. The summed E-state index contributed by atoms with van der Waals surface area (Å²) < 4.78 is 5.42. The van der Waals surface area contributed by atoms with Crippen LogP contribution >= 0.6 is 0 Å². The van der Waals surface area contributed by atoms with Crippen molar-refractivity contribution in [2.24, 2.45) is 10.5 Å². The molecule has 3 amide bonds. The van der Waals surface area contributed by atoms with E-state index in [1.165, 1.54) is 0 Å². The van der Waals surface area contributed by atoms with Crippen LogP contribution in [0.2, 0.25) is 0 Å². The highest BCUT2D eigenvalue weighted by molar-refractivity contribution is 6.01. The summed E-state index contributed by atoms with van der Waals surface area (Å²) in [5.74, 6) is -1.65. The molecule has 0 aromatic carbocycles. The minimum Gasteiger partial charge on any atom is -0.477 e. The van der Waals surface area contributed by atoms with Crippen molar-refractivity contribution >= 4 is 29.4 Å². The van der Waals surface area contributed by atoms with Gasteiger partial charge in [-0.15, -0.1) is 15.3 Å². The standard InChI is InChI=1S/C20H27N5O6/c1-13(21-23-15(26)12-20(2,3)4)14-7-8-16(24-22-14)30-11-5-6-19(29)31-25-17(27)9-10-18(25)28/h7-8H,5-6,9-12H2,1-4H3,(H,23,26)/b21-13-. The van der Waals surface area contributed by atoms with E-state index in [9.17, 15) is 19.2 Å². The van der Waals surface area contributed by atoms with E-state index in [4.69, 9.17) is 9.57 Å². The van der Waals surface area contributed by atoms with E-state index in [0.717, 1.165) is 0 Å². The largest absolute Gasteiger partial charge is 0.477 e. The van der Waals surface area contributed by atoms with Gasteiger partial charge in [0.1, 0.15) is 5.69 Å². The van der Waals surface area contributed by atoms with Crippen molar-refractivity contribution in [1.29, 1.82) is 0 Å². The summed E-state index contributed by atoms with van der Waals surface area (Å²) in [6.45, 7) is 7.76. The van der Waals surface area contributed by atoms with Crippen LogP contribution in [-0.4, -0.2) is 51.3 Å². The molecule has 1 aromatic heterocycles. The van der Waals surface area contributed by atoms with Gasteiger partial charge in [-0.3, -0.25) is 14.4 Å². The lowest BCUT2D eigenvalue weighted by molar-refractivity contribution is -0.197. The Morgan fingerprint density at radius 3 is 2.42 bits per heavy atom. The van der Waals surface area contributed by atoms with Crippen LogP contribution in [0.4, 0.5) is 0 Å². The highest BCUT2D eigenvalue weighted by Gasteiger charge is 2.32. The molecule has 1 aromatic rings. The normalized spacial score (nSPS) is 14.6. The number of rotatable bonds is 9. The Labute approximate surface area is 180 Å². The van der Waals surface area contributed by atoms with Gasteiger partial charge in [0.25, 0.3) is 11.8 Å². The van der Waals surface area contributed by atoms with E-state index in [1.807, 2.05) is 20.8 Å². The molecule has 0 spiro atoms. The number of imide groups is 1. The van der Waals surface area contributed by atoms with Crippen LogP contribution in [0.5, 0.6) is 5.88 Å². The van der Waals surface area contributed by atoms with Crippen molar-refractivity contribution in [3.05, 3.63) is 17.8 Å². The summed E-state index contributed by atoms with van der Waals surface area (Å²) in [5, 5.41) is 12.5. The fourth-order valence-electron chi connectivity index (χ4n) is 2.51. The van der Waals surface area contributed by atoms with E-state index in [-0.39, 0.29) is 43.1 Å². The van der Waals surface area contributed by atoms with E-state index < -0.39 is 17.8 Å². The summed E-state index contributed by atoms with van der Waals surface area (Å²) >= 11 is 0. The third kappa shape index (κ3) is 8.11. The third-order valence-corrected chi connectivity index (χ3v) is 4.02. The van der Waals surface area contributed by atoms with Gasteiger partial charge in [0.2, 0.25) is 11.8 Å². The van der Waals surface area contributed by atoms with Crippen LogP contribution in [0.3, 0.4) is 0 Å². The summed E-state index contributed by atoms with van der Waals surface area (Å²) in [7, 11) is 0. The Hall–Kier alpha value is -3.37. The maximum atomic E-state index is 11.8. The lowest BCUT2D eigenvalue weighted by atomic mass is 9.92. The maximum absolute atomic E-state index is 11.8. The van der Waals surface area contributed by atoms with Crippen LogP contribution in [-0.2, 0) is 24.0 Å². The average molecular weight is 433 g/mol. The molecule has 1 aliphatic rings. The average Bonchev–Trinajstić information content (AvgIpc) is 3.00. The fraction of sp³-hybridized carbons (Fsp3) is 0.550. The molecule has 0 aliphatic carbocycles. The monoisotopic (exact) mass is 433 g/mol. The number of hydrogen-bond donors (Lipinski definition) is 1. The van der Waals surface area contributed by atoms with E-state index in [1.54, 1.807) is 19.1 Å². The van der Waals surface area contributed by atoms with E-state index in [0.29, 0.717) is 29.3 Å². The smallest absolute Gasteiger partial charge is 0.333 e. The molecule has 11 heteroatoms. The molecule has 0 radical (unpaired) electrons. The fourth-order valence-corrected chi connectivity index (χ4v) is 2.51. The number of ether oxygens (including phenoxy) is 1. The van der Waals surface area contributed by atoms with Crippen molar-refractivity contribution < 1.29 is 28.8 Å². The molecular formula is C20H27N5O6. The molecular weight excluding hydrogens is 406 g/mol. The highest BCUT2D eigenvalue weighted by Crippen LogP contribution is 2.17. The number of hydrazone groups is 1. The minimum absolute atomic E-state index is 0.0252. The number of carbonyl (C=O) groups is 4. The van der Waals surface area contributed by atoms with Gasteiger partial charge in [-0.2, -0.15) is 5.10 Å². The van der Waals surface area contributed by atoms with Crippen LogP contribution in [0.25, 0.3) is 0 Å². The van der Waals surface area contributed by atoms with Crippen LogP contribution < -0.4 is 10.2 Å². The molecule has 11 nitrogen and oxygen atoms in total. The second kappa shape index (κ2) is 10.6. The Morgan fingerprint density at radius 1 is 1.16 bits per heavy atom. The summed E-state index contributed by atoms with van der Waals surface area (Å²) in [5.41, 5.74) is 3.34. The van der Waals surface area contributed by atoms with E-state index in [2.05, 4.69) is 20.7 Å². The quantitative estimate of drug-likeness (QED) is 0.267. The Bertz CT molecular complexity index is 844. The van der Waals surface area contributed by atoms with Gasteiger partial charge in [0.15, 0.2) is 0 Å². The first-order chi connectivity index (χ1) is 14.5. The van der Waals surface area contributed by atoms with Gasteiger partial charge in [-0.1, -0.05) is 20.8 Å². The number of aromatic nitrogens is 2. The number of amides is 3. The van der Waals surface area contributed by atoms with Gasteiger partial charge < -0.3 is 9.57 Å². The van der Waals surface area contributed by atoms with Crippen LogP contribution in [0.15, 0.2) is 17.2 Å². The van der Waals surface area contributed by atoms with Gasteiger partial charge >= 0.3 is 5.97 Å². The van der Waals surface area contributed by atoms with Gasteiger partial charge in [0, 0.05) is 25.3 Å². The molecule has 0 unspecified atom stereocenters. The highest BCUT2D eigenvalue weighted by atomic mass is 16.7. The number of nitrogens with zero attached hydrogens (tertiary/aromatic N) is 4. The number of hydrogen-bond acceptors (Lipinski definition) is 9. The second-order valence-electron chi connectivity index (χ2n) is 8.22. The zero-order chi connectivity index (χ0) is 23.0. The van der Waals surface area contributed by atoms with Crippen molar-refractivity contribution in [3.63, 3.8) is 0 Å². The molecule has 2 rings (SSSR count). The molecule has 168 valence electrons. The van der Waals surface area contributed by atoms with Crippen molar-refractivity contribution in [3.8, 4) is 5.88 Å². The van der Waals surface area contributed by atoms with Gasteiger partial charge in [0.05, 0.1) is 18.7 Å². The lowest BCUT2D eigenvalue weighted by Crippen LogP contribution is -2.32. The molecule has 2 heterocycles.